The van der Waals surface area contributed by atoms with Crippen molar-refractivity contribution in [2.75, 3.05) is 18.1 Å². The Bertz CT molecular complexity index is 1660. The molecule has 0 aliphatic carbocycles. The normalized spacial score (nSPS) is 31.5. The number of aliphatic hydroxyl groups excluding tert-OH is 5. The van der Waals surface area contributed by atoms with E-state index in [-0.39, 0.29) is 11.6 Å². The van der Waals surface area contributed by atoms with E-state index in [9.17, 15) is 49.2 Å². The van der Waals surface area contributed by atoms with Crippen molar-refractivity contribution in [2.24, 2.45) is 0 Å². The van der Waals surface area contributed by atoms with E-state index in [4.69, 9.17) is 35.8 Å². The van der Waals surface area contributed by atoms with Gasteiger partial charge in [0.25, 0.3) is 0 Å². The zero-order valence-electron chi connectivity index (χ0n) is 21.9. The van der Waals surface area contributed by atoms with Gasteiger partial charge in [-0.1, -0.05) is 0 Å². The summed E-state index contributed by atoms with van der Waals surface area (Å²) in [5.41, 5.74) is 10.5. The molecule has 5 rings (SSSR count). The molecule has 0 amide bonds. The van der Waals surface area contributed by atoms with E-state index in [0.29, 0.717) is 15.7 Å². The first-order chi connectivity index (χ1) is 20.3. The van der Waals surface area contributed by atoms with Crippen LogP contribution in [0.15, 0.2) is 29.7 Å². The molecule has 0 spiro atoms. The number of nitrogens with zero attached hydrogens (tertiary/aromatic N) is 6. The molecule has 2 saturated heterocycles. The van der Waals surface area contributed by atoms with Crippen LogP contribution in [0, 0.1) is 0 Å². The minimum Gasteiger partial charge on any atom is -0.394 e. The summed E-state index contributed by atoms with van der Waals surface area (Å²) in [4.78, 5) is 63.8. The monoisotopic (exact) mass is 670 g/mol. The van der Waals surface area contributed by atoms with Gasteiger partial charge in [0.05, 0.1) is 12.9 Å². The average molecular weight is 670 g/mol. The van der Waals surface area contributed by atoms with Gasteiger partial charge in [-0.3, -0.25) is 18.3 Å². The molecule has 5 heterocycles. The zero-order chi connectivity index (χ0) is 32.9. The number of hydrogen-bond acceptors (Lipinski definition) is 17. The Morgan fingerprint density at radius 1 is 1.02 bits per heavy atom. The van der Waals surface area contributed by atoms with Gasteiger partial charge in [0.1, 0.15) is 48.2 Å². The Morgan fingerprint density at radius 3 is 2.23 bits per heavy atom. The van der Waals surface area contributed by atoms with E-state index in [2.05, 4.69) is 19.9 Å². The molecule has 0 aromatic carbocycles. The van der Waals surface area contributed by atoms with E-state index in [1.807, 2.05) is 0 Å². The average Bonchev–Trinajstić information content (AvgIpc) is 3.57. The van der Waals surface area contributed by atoms with Crippen molar-refractivity contribution < 1.29 is 68.8 Å². The molecule has 2 aliphatic heterocycles. The minimum atomic E-state index is -5.67. The predicted octanol–water partition coefficient (Wildman–Crippen LogP) is -5.53. The number of anilines is 2. The fraction of sp³-hybridized carbons (Fsp3) is 0.526. The maximum atomic E-state index is 11.9. The fourth-order valence-corrected chi connectivity index (χ4v) is 6.07. The van der Waals surface area contributed by atoms with E-state index in [1.54, 1.807) is 0 Å². The van der Waals surface area contributed by atoms with Gasteiger partial charge >= 0.3 is 20.9 Å². The van der Waals surface area contributed by atoms with Crippen molar-refractivity contribution in [1.82, 2.24) is 29.1 Å². The number of rotatable bonds is 6. The first-order valence-corrected chi connectivity index (χ1v) is 15.4. The van der Waals surface area contributed by atoms with Gasteiger partial charge in [-0.2, -0.15) is 4.98 Å². The maximum absolute atomic E-state index is 11.9. The lowest BCUT2D eigenvalue weighted by molar-refractivity contribution is -0.0804. The molecule has 3 aromatic rings. The third kappa shape index (κ3) is 5.87. The third-order valence-corrected chi connectivity index (χ3v) is 9.19. The summed E-state index contributed by atoms with van der Waals surface area (Å²) in [5, 5.41) is 55.2. The summed E-state index contributed by atoms with van der Waals surface area (Å²) >= 11 is 0. The summed E-state index contributed by atoms with van der Waals surface area (Å²) in [6, 6.07) is 1.00. The van der Waals surface area contributed by atoms with Crippen molar-refractivity contribution in [3.8, 4) is 0 Å². The Labute approximate surface area is 243 Å². The van der Waals surface area contributed by atoms with Crippen molar-refractivity contribution in [3.05, 3.63) is 35.4 Å². The highest BCUT2D eigenvalue weighted by Gasteiger charge is 2.69. The molecule has 244 valence electrons. The highest BCUT2D eigenvalue weighted by molar-refractivity contribution is 7.53. The van der Waals surface area contributed by atoms with Crippen LogP contribution in [0.5, 0.6) is 0 Å². The number of fused-ring (bicyclic) bond motifs is 1. The molecule has 0 radical (unpaired) electrons. The molecule has 23 nitrogen and oxygen atoms in total. The molecule has 0 saturated carbocycles. The highest BCUT2D eigenvalue weighted by Crippen LogP contribution is 2.62. The minimum absolute atomic E-state index is 0.218. The molecule has 9 atom stereocenters. The molecule has 14 N–H and O–H groups in total. The lowest BCUT2D eigenvalue weighted by Gasteiger charge is -2.32. The number of aliphatic hydroxyl groups is 6. The second-order valence-corrected chi connectivity index (χ2v) is 13.1. The maximum Gasteiger partial charge on any atom is 0.364 e. The first-order valence-electron chi connectivity index (χ1n) is 12.1. The van der Waals surface area contributed by atoms with E-state index in [1.165, 1.54) is 17.2 Å². The van der Waals surface area contributed by atoms with Crippen LogP contribution in [-0.4, -0.2) is 128 Å². The summed E-state index contributed by atoms with van der Waals surface area (Å²) in [7, 11) is -11.0. The van der Waals surface area contributed by atoms with Crippen LogP contribution in [0.4, 0.5) is 11.6 Å². The molecular weight excluding hydrogens is 642 g/mol. The topological polar surface area (TPSA) is 385 Å². The van der Waals surface area contributed by atoms with Crippen LogP contribution in [0.1, 0.15) is 12.5 Å². The molecule has 3 aromatic heterocycles. The van der Waals surface area contributed by atoms with Gasteiger partial charge in [0.2, 0.25) is 5.34 Å². The Hall–Kier alpha value is -2.99. The summed E-state index contributed by atoms with van der Waals surface area (Å²) in [6.45, 7) is -0.390. The number of nitrogen functional groups attached to an aromatic ring is 2. The van der Waals surface area contributed by atoms with E-state index >= 15 is 0 Å². The van der Waals surface area contributed by atoms with Gasteiger partial charge in [-0.05, 0) is 6.07 Å². The SMILES string of the molecule is Nc1ccn([C@@H]2O[C@H](C(O)P(=O)(O)O)[C@@H](O)[C@]2(O)P(=O)(O)O)c(=O)n1.Nc1ncnc2c1ncn2[C@@H]1O[C@H](CO)[C@@H](O)[C@H]1O. The molecule has 0 bridgehead atoms. The quantitative estimate of drug-likeness (QED) is 0.109. The summed E-state index contributed by atoms with van der Waals surface area (Å²) in [5.74, 6) is -2.79. The summed E-state index contributed by atoms with van der Waals surface area (Å²) < 4.78 is 34.9. The van der Waals surface area contributed by atoms with Crippen LogP contribution in [-0.2, 0) is 18.6 Å². The van der Waals surface area contributed by atoms with Gasteiger partial charge in [0, 0.05) is 6.20 Å². The molecule has 25 heteroatoms. The van der Waals surface area contributed by atoms with Crippen molar-refractivity contribution >= 4 is 38.0 Å². The standard InChI is InChI=1S/C10H13N5O4.C9H15N3O11P2/c11-8-5-9(13-2-12-8)15(3-14-5)10-7(18)6(17)4(1-16)19-10;10-3-1-2-12(8(15)11-3)7-9(16,25(20,21)22)5(13)4(23-7)6(14)24(17,18)19/h2-4,6-7,10,16-18H,1H2,(H2,11,12,13);1-2,4-7,13-14,16H,(H2,10,11,15)(H2,17,18,19)(H2,20,21,22)/t4-,6-,7-,10-;4-,5+,6?,7+,9-/m10/s1. The Balaban J connectivity index is 0.000000208. The van der Waals surface area contributed by atoms with Crippen LogP contribution in [0.3, 0.4) is 0 Å². The molecule has 44 heavy (non-hydrogen) atoms. The van der Waals surface area contributed by atoms with Crippen molar-refractivity contribution in [1.29, 1.82) is 0 Å². The molecule has 1 unspecified atom stereocenters. The van der Waals surface area contributed by atoms with Crippen molar-refractivity contribution in [2.45, 2.75) is 54.2 Å². The van der Waals surface area contributed by atoms with Gasteiger partial charge in [0.15, 0.2) is 29.8 Å². The second-order valence-electron chi connectivity index (χ2n) is 9.58. The zero-order valence-corrected chi connectivity index (χ0v) is 23.7. The lowest BCUT2D eigenvalue weighted by Crippen LogP contribution is -2.49. The number of ether oxygens (including phenoxy) is 2. The Morgan fingerprint density at radius 2 is 1.68 bits per heavy atom. The van der Waals surface area contributed by atoms with Crippen LogP contribution in [0.25, 0.3) is 11.2 Å². The number of hydrogen-bond donors (Lipinski definition) is 12. The molecular formula is C19H28N8O15P2. The highest BCUT2D eigenvalue weighted by atomic mass is 31.2. The Kier molecular flexibility index (Phi) is 9.30. The number of aromatic nitrogens is 6. The lowest BCUT2D eigenvalue weighted by atomic mass is 10.1. The smallest absolute Gasteiger partial charge is 0.364 e. The summed E-state index contributed by atoms with van der Waals surface area (Å²) in [6.07, 6.45) is -7.91. The van der Waals surface area contributed by atoms with Crippen LogP contribution < -0.4 is 17.2 Å². The predicted molar refractivity (Wildman–Crippen MR) is 141 cm³/mol. The third-order valence-electron chi connectivity index (χ3n) is 6.78. The van der Waals surface area contributed by atoms with Gasteiger partial charge in [-0.25, -0.2) is 19.7 Å². The fourth-order valence-electron chi connectivity index (χ4n) is 4.49. The first kappa shape index (κ1) is 33.9. The van der Waals surface area contributed by atoms with Crippen LogP contribution in [0.2, 0.25) is 0 Å². The number of imidazole rings is 1. The van der Waals surface area contributed by atoms with E-state index in [0.717, 1.165) is 12.3 Å². The van der Waals surface area contributed by atoms with Gasteiger partial charge < -0.3 is 71.2 Å². The van der Waals surface area contributed by atoms with Crippen LogP contribution >= 0.6 is 15.2 Å². The number of nitrogens with two attached hydrogens (primary N) is 2. The van der Waals surface area contributed by atoms with Gasteiger partial charge in [-0.15, -0.1) is 0 Å². The van der Waals surface area contributed by atoms with E-state index < -0.39 is 81.7 Å². The largest absolute Gasteiger partial charge is 0.394 e. The molecule has 2 aliphatic rings. The van der Waals surface area contributed by atoms with Crippen molar-refractivity contribution in [3.63, 3.8) is 0 Å². The molecule has 2 fully saturated rings. The second kappa shape index (κ2) is 12.1.